The topological polar surface area (TPSA) is 23.5 Å². The molecule has 2 aromatic rings. The highest BCUT2D eigenvalue weighted by Gasteiger charge is 2.20. The van der Waals surface area contributed by atoms with Crippen molar-refractivity contribution in [1.29, 1.82) is 0 Å². The summed E-state index contributed by atoms with van der Waals surface area (Å²) in [6.45, 7) is 2.03. The highest BCUT2D eigenvalue weighted by Crippen LogP contribution is 2.23. The van der Waals surface area contributed by atoms with Gasteiger partial charge in [-0.15, -0.1) is 0 Å². The van der Waals surface area contributed by atoms with Gasteiger partial charge in [-0.05, 0) is 24.6 Å². The zero-order chi connectivity index (χ0) is 13.0. The number of hydrogen-bond donors (Lipinski definition) is 1. The maximum atomic E-state index is 10.4. The van der Waals surface area contributed by atoms with Gasteiger partial charge >= 0.3 is 0 Å². The molecule has 0 amide bonds. The van der Waals surface area contributed by atoms with Gasteiger partial charge in [-0.3, -0.25) is 0 Å². The molecule has 0 aliphatic carbocycles. The first-order valence-electron chi connectivity index (χ1n) is 6.21. The molecule has 0 saturated carbocycles. The molecular weight excluding hydrogens is 222 g/mol. The van der Waals surface area contributed by atoms with Crippen molar-refractivity contribution in [1.82, 2.24) is 0 Å². The Balaban J connectivity index is 2.14. The van der Waals surface area contributed by atoms with Crippen LogP contribution in [0, 0.1) is 0 Å². The molecule has 0 spiro atoms. The monoisotopic (exact) mass is 241 g/mol. The molecule has 18 heavy (non-hydrogen) atoms. The van der Waals surface area contributed by atoms with E-state index in [0.29, 0.717) is 0 Å². The summed E-state index contributed by atoms with van der Waals surface area (Å²) in [5, 5.41) is 10.4. The molecule has 0 saturated heterocycles. The zero-order valence-electron chi connectivity index (χ0n) is 10.8. The molecule has 2 rings (SSSR count). The molecule has 0 aromatic heterocycles. The van der Waals surface area contributed by atoms with Crippen molar-refractivity contribution in [3.63, 3.8) is 0 Å². The molecule has 2 aromatic carbocycles. The summed E-state index contributed by atoms with van der Waals surface area (Å²) in [7, 11) is 2.01. The molecule has 0 unspecified atom stereocenters. The summed E-state index contributed by atoms with van der Waals surface area (Å²) < 4.78 is 0. The van der Waals surface area contributed by atoms with Gasteiger partial charge in [0.2, 0.25) is 0 Å². The van der Waals surface area contributed by atoms with Crippen LogP contribution >= 0.6 is 0 Å². The van der Waals surface area contributed by atoms with Crippen molar-refractivity contribution in [3.05, 3.63) is 66.2 Å². The van der Waals surface area contributed by atoms with Crippen molar-refractivity contribution < 1.29 is 5.11 Å². The first-order chi connectivity index (χ1) is 8.70. The Morgan fingerprint density at radius 2 is 1.39 bits per heavy atom. The number of nitrogens with zero attached hydrogens (tertiary/aromatic N) is 1. The Morgan fingerprint density at radius 1 is 0.889 bits per heavy atom. The fraction of sp³-hybridized carbons (Fsp3) is 0.250. The molecule has 2 nitrogen and oxygen atoms in total. The maximum absolute atomic E-state index is 10.4. The summed E-state index contributed by atoms with van der Waals surface area (Å²) in [6.07, 6.45) is -0.489. The molecule has 0 aliphatic heterocycles. The molecule has 2 heteroatoms. The first kappa shape index (κ1) is 12.7. The fourth-order valence-electron chi connectivity index (χ4n) is 2.04. The van der Waals surface area contributed by atoms with E-state index in [1.54, 1.807) is 0 Å². The third kappa shape index (κ3) is 2.71. The fourth-order valence-corrected chi connectivity index (χ4v) is 2.04. The van der Waals surface area contributed by atoms with Crippen LogP contribution in [0.3, 0.4) is 0 Å². The largest absolute Gasteiger partial charge is 0.386 e. The molecule has 1 N–H and O–H groups in total. The van der Waals surface area contributed by atoms with Crippen LogP contribution in [0.15, 0.2) is 60.7 Å². The summed E-state index contributed by atoms with van der Waals surface area (Å²) in [5.41, 5.74) is 2.06. The van der Waals surface area contributed by atoms with Crippen molar-refractivity contribution in [3.8, 4) is 0 Å². The molecule has 0 radical (unpaired) electrons. The second kappa shape index (κ2) is 5.69. The number of para-hydroxylation sites is 1. The summed E-state index contributed by atoms with van der Waals surface area (Å²) in [4.78, 5) is 2.09. The van der Waals surface area contributed by atoms with Crippen LogP contribution in [-0.2, 0) is 0 Å². The van der Waals surface area contributed by atoms with Gasteiger partial charge in [-0.2, -0.15) is 0 Å². The van der Waals surface area contributed by atoms with E-state index < -0.39 is 6.10 Å². The number of hydrogen-bond acceptors (Lipinski definition) is 2. The number of aliphatic hydroxyl groups is 1. The van der Waals surface area contributed by atoms with E-state index in [4.69, 9.17) is 0 Å². The van der Waals surface area contributed by atoms with Crippen LogP contribution in [0.25, 0.3) is 0 Å². The minimum Gasteiger partial charge on any atom is -0.386 e. The number of likely N-dealkylation sites (N-methyl/N-ethyl adjacent to an activating group) is 1. The number of aliphatic hydroxyl groups excluding tert-OH is 1. The highest BCUT2D eigenvalue weighted by atomic mass is 16.3. The summed E-state index contributed by atoms with van der Waals surface area (Å²) in [5.74, 6) is 0. The third-order valence-electron chi connectivity index (χ3n) is 3.37. The molecule has 0 bridgehead atoms. The lowest BCUT2D eigenvalue weighted by atomic mass is 10.0. The minimum atomic E-state index is -0.489. The SMILES string of the molecule is C[C@@H]([C@@H](O)c1ccccc1)N(C)c1ccccc1. The Hall–Kier alpha value is -1.80. The van der Waals surface area contributed by atoms with E-state index in [2.05, 4.69) is 4.90 Å². The van der Waals surface area contributed by atoms with E-state index in [1.165, 1.54) is 0 Å². The van der Waals surface area contributed by atoms with Gasteiger partial charge < -0.3 is 10.0 Å². The number of benzene rings is 2. The van der Waals surface area contributed by atoms with Crippen LogP contribution in [-0.4, -0.2) is 18.2 Å². The molecule has 2 atom stereocenters. The second-order valence-corrected chi connectivity index (χ2v) is 4.54. The first-order valence-corrected chi connectivity index (χ1v) is 6.21. The maximum Gasteiger partial charge on any atom is 0.0990 e. The van der Waals surface area contributed by atoms with Crippen molar-refractivity contribution in [2.24, 2.45) is 0 Å². The van der Waals surface area contributed by atoms with E-state index in [0.717, 1.165) is 11.3 Å². The normalized spacial score (nSPS) is 13.9. The van der Waals surface area contributed by atoms with Crippen LogP contribution in [0.2, 0.25) is 0 Å². The average Bonchev–Trinajstić information content (AvgIpc) is 2.47. The smallest absolute Gasteiger partial charge is 0.0990 e. The molecular formula is C16H19NO. The minimum absolute atomic E-state index is 0.0230. The second-order valence-electron chi connectivity index (χ2n) is 4.54. The lowest BCUT2D eigenvalue weighted by molar-refractivity contribution is 0.151. The van der Waals surface area contributed by atoms with Crippen LogP contribution in [0.5, 0.6) is 0 Å². The van der Waals surface area contributed by atoms with Crippen molar-refractivity contribution >= 4 is 5.69 Å². The third-order valence-corrected chi connectivity index (χ3v) is 3.37. The quantitative estimate of drug-likeness (QED) is 0.888. The summed E-state index contributed by atoms with van der Waals surface area (Å²) in [6, 6.07) is 19.9. The lowest BCUT2D eigenvalue weighted by Crippen LogP contribution is -2.34. The predicted molar refractivity (Wildman–Crippen MR) is 75.7 cm³/mol. The number of rotatable bonds is 4. The zero-order valence-corrected chi connectivity index (χ0v) is 10.8. The van der Waals surface area contributed by atoms with Gasteiger partial charge in [0.1, 0.15) is 0 Å². The van der Waals surface area contributed by atoms with E-state index in [9.17, 15) is 5.11 Å². The van der Waals surface area contributed by atoms with Crippen molar-refractivity contribution in [2.75, 3.05) is 11.9 Å². The standard InChI is InChI=1S/C16H19NO/c1-13(16(18)14-9-5-3-6-10-14)17(2)15-11-7-4-8-12-15/h3-13,16,18H,1-2H3/t13-,16+/m0/s1. The van der Waals surface area contributed by atoms with Crippen LogP contribution in [0.4, 0.5) is 5.69 Å². The Morgan fingerprint density at radius 3 is 1.94 bits per heavy atom. The Kier molecular flexibility index (Phi) is 4.00. The average molecular weight is 241 g/mol. The predicted octanol–water partition coefficient (Wildman–Crippen LogP) is 3.24. The van der Waals surface area contributed by atoms with Gasteiger partial charge in [-0.1, -0.05) is 48.5 Å². The molecule has 0 heterocycles. The van der Waals surface area contributed by atoms with Crippen molar-refractivity contribution in [2.45, 2.75) is 19.1 Å². The lowest BCUT2D eigenvalue weighted by Gasteiger charge is -2.31. The van der Waals surface area contributed by atoms with E-state index >= 15 is 0 Å². The summed E-state index contributed by atoms with van der Waals surface area (Å²) >= 11 is 0. The highest BCUT2D eigenvalue weighted by molar-refractivity contribution is 5.46. The van der Waals surface area contributed by atoms with Crippen LogP contribution in [0.1, 0.15) is 18.6 Å². The number of anilines is 1. The Bertz CT molecular complexity index is 423. The van der Waals surface area contributed by atoms with Crippen LogP contribution < -0.4 is 4.90 Å². The van der Waals surface area contributed by atoms with Gasteiger partial charge in [0.15, 0.2) is 0 Å². The van der Waals surface area contributed by atoms with E-state index in [-0.39, 0.29) is 6.04 Å². The molecule has 0 fully saturated rings. The van der Waals surface area contributed by atoms with Gasteiger partial charge in [0, 0.05) is 12.7 Å². The Labute approximate surface area is 109 Å². The molecule has 0 aliphatic rings. The van der Waals surface area contributed by atoms with Gasteiger partial charge in [0.25, 0.3) is 0 Å². The van der Waals surface area contributed by atoms with E-state index in [1.807, 2.05) is 74.6 Å². The van der Waals surface area contributed by atoms with Gasteiger partial charge in [-0.25, -0.2) is 0 Å². The van der Waals surface area contributed by atoms with Gasteiger partial charge in [0.05, 0.1) is 12.1 Å². The molecule has 94 valence electrons.